The first-order valence-electron chi connectivity index (χ1n) is 6.27. The molecule has 0 bridgehead atoms. The first-order valence-corrected chi connectivity index (χ1v) is 7.75. The topological polar surface area (TPSA) is 101 Å². The molecule has 0 heterocycles. The second-order valence-corrected chi connectivity index (χ2v) is 6.53. The Labute approximate surface area is 119 Å². The SMILES string of the molecule is CNc1cc(C)c(S(=O)(=O)NC(C)CC(N)=O)c(C)c1. The molecule has 0 fully saturated rings. The van der Waals surface area contributed by atoms with Gasteiger partial charge in [0.25, 0.3) is 0 Å². The highest BCUT2D eigenvalue weighted by Gasteiger charge is 2.22. The van der Waals surface area contributed by atoms with Crippen molar-refractivity contribution in [1.29, 1.82) is 0 Å². The Morgan fingerprint density at radius 1 is 1.30 bits per heavy atom. The summed E-state index contributed by atoms with van der Waals surface area (Å²) in [6.45, 7) is 5.08. The molecule has 1 atom stereocenters. The van der Waals surface area contributed by atoms with Crippen LogP contribution >= 0.6 is 0 Å². The van der Waals surface area contributed by atoms with Crippen molar-refractivity contribution in [2.45, 2.75) is 38.1 Å². The third-order valence-corrected chi connectivity index (χ3v) is 4.78. The molecular formula is C13H21N3O3S. The van der Waals surface area contributed by atoms with E-state index in [1.165, 1.54) is 0 Å². The van der Waals surface area contributed by atoms with Gasteiger partial charge in [-0.25, -0.2) is 13.1 Å². The van der Waals surface area contributed by atoms with E-state index in [1.807, 2.05) is 0 Å². The summed E-state index contributed by atoms with van der Waals surface area (Å²) in [5.74, 6) is -0.542. The van der Waals surface area contributed by atoms with Gasteiger partial charge in [0.2, 0.25) is 15.9 Å². The summed E-state index contributed by atoms with van der Waals surface area (Å²) in [5.41, 5.74) is 7.21. The van der Waals surface area contributed by atoms with Crippen molar-refractivity contribution in [2.75, 3.05) is 12.4 Å². The number of anilines is 1. The number of rotatable bonds is 6. The van der Waals surface area contributed by atoms with Gasteiger partial charge in [-0.1, -0.05) is 0 Å². The summed E-state index contributed by atoms with van der Waals surface area (Å²) in [4.78, 5) is 11.1. The molecule has 1 rings (SSSR count). The number of nitrogens with two attached hydrogens (primary N) is 1. The van der Waals surface area contributed by atoms with Gasteiger partial charge in [-0.3, -0.25) is 4.79 Å². The number of carbonyl (C=O) groups is 1. The number of benzene rings is 1. The Morgan fingerprint density at radius 3 is 2.20 bits per heavy atom. The molecule has 0 aliphatic rings. The minimum Gasteiger partial charge on any atom is -0.388 e. The van der Waals surface area contributed by atoms with E-state index in [-0.39, 0.29) is 11.3 Å². The normalized spacial score (nSPS) is 13.0. The molecule has 1 unspecified atom stereocenters. The van der Waals surface area contributed by atoms with Crippen LogP contribution in [-0.2, 0) is 14.8 Å². The monoisotopic (exact) mass is 299 g/mol. The molecule has 6 nitrogen and oxygen atoms in total. The molecule has 0 aliphatic heterocycles. The van der Waals surface area contributed by atoms with Gasteiger partial charge in [-0.05, 0) is 44.0 Å². The summed E-state index contributed by atoms with van der Waals surface area (Å²) in [6, 6.07) is 2.99. The molecule has 1 aromatic carbocycles. The zero-order valence-electron chi connectivity index (χ0n) is 12.1. The Bertz CT molecular complexity index is 588. The lowest BCUT2D eigenvalue weighted by molar-refractivity contribution is -0.118. The molecule has 0 saturated carbocycles. The minimum atomic E-state index is -3.68. The Kier molecular flexibility index (Phi) is 5.13. The second kappa shape index (κ2) is 6.23. The first-order chi connectivity index (χ1) is 9.17. The van der Waals surface area contributed by atoms with Crippen molar-refractivity contribution in [2.24, 2.45) is 5.73 Å². The highest BCUT2D eigenvalue weighted by atomic mass is 32.2. The molecule has 1 aromatic rings. The maximum Gasteiger partial charge on any atom is 0.241 e. The fourth-order valence-corrected chi connectivity index (χ4v) is 3.88. The molecule has 0 spiro atoms. The van der Waals surface area contributed by atoms with Gasteiger partial charge in [0, 0.05) is 25.2 Å². The van der Waals surface area contributed by atoms with E-state index in [9.17, 15) is 13.2 Å². The summed E-state index contributed by atoms with van der Waals surface area (Å²) >= 11 is 0. The van der Waals surface area contributed by atoms with Gasteiger partial charge >= 0.3 is 0 Å². The quantitative estimate of drug-likeness (QED) is 0.726. The summed E-state index contributed by atoms with van der Waals surface area (Å²) in [5, 5.41) is 2.98. The molecule has 112 valence electrons. The van der Waals surface area contributed by atoms with Crippen LogP contribution in [0.25, 0.3) is 0 Å². The standard InChI is InChI=1S/C13H21N3O3S/c1-8-5-11(15-4)6-9(2)13(8)20(18,19)16-10(3)7-12(14)17/h5-6,10,15-16H,7H2,1-4H3,(H2,14,17). The van der Waals surface area contributed by atoms with Gasteiger partial charge in [0.05, 0.1) is 4.90 Å². The third kappa shape index (κ3) is 3.94. The number of aryl methyl sites for hydroxylation is 2. The van der Waals surface area contributed by atoms with E-state index in [0.717, 1.165) is 5.69 Å². The molecule has 1 amide bonds. The van der Waals surface area contributed by atoms with Crippen LogP contribution < -0.4 is 15.8 Å². The van der Waals surface area contributed by atoms with Crippen LogP contribution in [-0.4, -0.2) is 27.4 Å². The lowest BCUT2D eigenvalue weighted by atomic mass is 10.1. The number of sulfonamides is 1. The molecule has 20 heavy (non-hydrogen) atoms. The van der Waals surface area contributed by atoms with E-state index in [2.05, 4.69) is 10.0 Å². The zero-order valence-corrected chi connectivity index (χ0v) is 13.0. The Balaban J connectivity index is 3.13. The average molecular weight is 299 g/mol. The van der Waals surface area contributed by atoms with E-state index in [1.54, 1.807) is 40.0 Å². The van der Waals surface area contributed by atoms with Crippen LogP contribution in [0.1, 0.15) is 24.5 Å². The van der Waals surface area contributed by atoms with E-state index in [0.29, 0.717) is 11.1 Å². The number of amides is 1. The molecule has 0 saturated heterocycles. The smallest absolute Gasteiger partial charge is 0.241 e. The summed E-state index contributed by atoms with van der Waals surface area (Å²) in [7, 11) is -1.90. The molecule has 0 aromatic heterocycles. The zero-order chi connectivity index (χ0) is 15.5. The highest BCUT2D eigenvalue weighted by molar-refractivity contribution is 7.89. The largest absolute Gasteiger partial charge is 0.388 e. The highest BCUT2D eigenvalue weighted by Crippen LogP contribution is 2.24. The van der Waals surface area contributed by atoms with Gasteiger partial charge in [-0.2, -0.15) is 0 Å². The van der Waals surface area contributed by atoms with Crippen LogP contribution in [0, 0.1) is 13.8 Å². The molecule has 7 heteroatoms. The lowest BCUT2D eigenvalue weighted by Crippen LogP contribution is -2.36. The first kappa shape index (κ1) is 16.5. The van der Waals surface area contributed by atoms with Crippen LogP contribution in [0.5, 0.6) is 0 Å². The number of primary amides is 1. The van der Waals surface area contributed by atoms with Crippen molar-refractivity contribution in [1.82, 2.24) is 4.72 Å². The van der Waals surface area contributed by atoms with E-state index < -0.39 is 22.0 Å². The maximum absolute atomic E-state index is 12.4. The van der Waals surface area contributed by atoms with Crippen LogP contribution in [0.15, 0.2) is 17.0 Å². The van der Waals surface area contributed by atoms with Crippen LogP contribution in [0.3, 0.4) is 0 Å². The molecule has 4 N–H and O–H groups in total. The number of hydrogen-bond donors (Lipinski definition) is 3. The van der Waals surface area contributed by atoms with Crippen molar-refractivity contribution in [3.8, 4) is 0 Å². The minimum absolute atomic E-state index is 0.0358. The third-order valence-electron chi connectivity index (χ3n) is 2.88. The Hall–Kier alpha value is -1.60. The van der Waals surface area contributed by atoms with Crippen molar-refractivity contribution in [3.63, 3.8) is 0 Å². The van der Waals surface area contributed by atoms with Crippen molar-refractivity contribution >= 4 is 21.6 Å². The van der Waals surface area contributed by atoms with Crippen LogP contribution in [0.2, 0.25) is 0 Å². The predicted octanol–water partition coefficient (Wildman–Crippen LogP) is 0.887. The summed E-state index contributed by atoms with van der Waals surface area (Å²) < 4.78 is 27.2. The van der Waals surface area contributed by atoms with Crippen molar-refractivity contribution in [3.05, 3.63) is 23.3 Å². The van der Waals surface area contributed by atoms with E-state index >= 15 is 0 Å². The van der Waals surface area contributed by atoms with Gasteiger partial charge in [0.15, 0.2) is 0 Å². The number of hydrogen-bond acceptors (Lipinski definition) is 4. The molecule has 0 radical (unpaired) electrons. The van der Waals surface area contributed by atoms with Gasteiger partial charge in [0.1, 0.15) is 0 Å². The lowest BCUT2D eigenvalue weighted by Gasteiger charge is -2.17. The van der Waals surface area contributed by atoms with Gasteiger partial charge < -0.3 is 11.1 Å². The number of nitrogens with one attached hydrogen (secondary N) is 2. The molecular weight excluding hydrogens is 278 g/mol. The van der Waals surface area contributed by atoms with Crippen molar-refractivity contribution < 1.29 is 13.2 Å². The Morgan fingerprint density at radius 2 is 1.80 bits per heavy atom. The maximum atomic E-state index is 12.4. The summed E-state index contributed by atoms with van der Waals surface area (Å²) in [6.07, 6.45) is -0.0358. The van der Waals surface area contributed by atoms with Crippen LogP contribution in [0.4, 0.5) is 5.69 Å². The fourth-order valence-electron chi connectivity index (χ4n) is 2.19. The average Bonchev–Trinajstić information content (AvgIpc) is 2.24. The second-order valence-electron chi connectivity index (χ2n) is 4.88. The molecule has 0 aliphatic carbocycles. The van der Waals surface area contributed by atoms with E-state index in [4.69, 9.17) is 5.73 Å². The predicted molar refractivity (Wildman–Crippen MR) is 79.1 cm³/mol. The number of carbonyl (C=O) groups excluding carboxylic acids is 1. The fraction of sp³-hybridized carbons (Fsp3) is 0.462. The van der Waals surface area contributed by atoms with Gasteiger partial charge in [-0.15, -0.1) is 0 Å².